The summed E-state index contributed by atoms with van der Waals surface area (Å²) >= 11 is 5.95. The number of nitrogens with one attached hydrogen (secondary N) is 1. The number of carbonyl (C=O) groups excluding carboxylic acids is 1. The molecular weight excluding hydrogens is 214 g/mol. The number of hydrogen-bond donors (Lipinski definition) is 1. The van der Waals surface area contributed by atoms with Gasteiger partial charge in [-0.1, -0.05) is 17.7 Å². The molecule has 0 aliphatic carbocycles. The monoisotopic (exact) mass is 227 g/mol. The molecule has 3 nitrogen and oxygen atoms in total. The highest BCUT2D eigenvalue weighted by atomic mass is 35.5. The van der Waals surface area contributed by atoms with E-state index >= 15 is 0 Å². The molecule has 82 valence electrons. The summed E-state index contributed by atoms with van der Waals surface area (Å²) in [6, 6.07) is 5.55. The van der Waals surface area contributed by atoms with Gasteiger partial charge in [0, 0.05) is 6.54 Å². The molecule has 0 radical (unpaired) electrons. The number of ketones is 1. The molecule has 1 N–H and O–H groups in total. The van der Waals surface area contributed by atoms with Crippen molar-refractivity contribution < 1.29 is 9.53 Å². The van der Waals surface area contributed by atoms with Crippen LogP contribution >= 0.6 is 11.6 Å². The van der Waals surface area contributed by atoms with Crippen LogP contribution in [-0.2, 0) is 11.3 Å². The molecule has 0 aliphatic heterocycles. The van der Waals surface area contributed by atoms with E-state index in [0.29, 0.717) is 23.9 Å². The highest BCUT2D eigenvalue weighted by molar-refractivity contribution is 6.32. The smallest absolute Gasteiger partial charge is 0.143 e. The molecule has 0 amide bonds. The maximum Gasteiger partial charge on any atom is 0.143 e. The summed E-state index contributed by atoms with van der Waals surface area (Å²) in [5.41, 5.74) is 1.03. The van der Waals surface area contributed by atoms with Gasteiger partial charge in [0.05, 0.1) is 18.7 Å². The van der Waals surface area contributed by atoms with Crippen molar-refractivity contribution in [1.82, 2.24) is 5.32 Å². The van der Waals surface area contributed by atoms with E-state index in [1.165, 1.54) is 0 Å². The summed E-state index contributed by atoms with van der Waals surface area (Å²) in [6.07, 6.45) is 0. The summed E-state index contributed by atoms with van der Waals surface area (Å²) in [7, 11) is 1.58. The Morgan fingerprint density at radius 3 is 2.80 bits per heavy atom. The molecule has 0 saturated heterocycles. The van der Waals surface area contributed by atoms with Crippen molar-refractivity contribution in [1.29, 1.82) is 0 Å². The van der Waals surface area contributed by atoms with Crippen LogP contribution in [0.5, 0.6) is 5.75 Å². The lowest BCUT2D eigenvalue weighted by molar-refractivity contribution is -0.116. The van der Waals surface area contributed by atoms with Crippen LogP contribution in [0, 0.1) is 0 Å². The highest BCUT2D eigenvalue weighted by Gasteiger charge is 2.01. The number of carbonyl (C=O) groups is 1. The highest BCUT2D eigenvalue weighted by Crippen LogP contribution is 2.24. The second kappa shape index (κ2) is 5.73. The van der Waals surface area contributed by atoms with Crippen molar-refractivity contribution in [2.75, 3.05) is 13.7 Å². The van der Waals surface area contributed by atoms with Gasteiger partial charge in [-0.25, -0.2) is 0 Å². The third kappa shape index (κ3) is 3.90. The fraction of sp³-hybridized carbons (Fsp3) is 0.364. The topological polar surface area (TPSA) is 38.3 Å². The second-order valence-electron chi connectivity index (χ2n) is 3.27. The zero-order valence-electron chi connectivity index (χ0n) is 8.84. The summed E-state index contributed by atoms with van der Waals surface area (Å²) in [6.45, 7) is 2.56. The summed E-state index contributed by atoms with van der Waals surface area (Å²) in [5.74, 6) is 0.779. The fourth-order valence-electron chi connectivity index (χ4n) is 1.20. The van der Waals surface area contributed by atoms with Crippen molar-refractivity contribution in [3.05, 3.63) is 28.8 Å². The van der Waals surface area contributed by atoms with Crippen molar-refractivity contribution in [3.63, 3.8) is 0 Å². The Bertz CT molecular complexity index is 352. The van der Waals surface area contributed by atoms with E-state index in [-0.39, 0.29) is 5.78 Å². The van der Waals surface area contributed by atoms with Crippen LogP contribution in [-0.4, -0.2) is 19.4 Å². The zero-order chi connectivity index (χ0) is 11.3. The van der Waals surface area contributed by atoms with E-state index in [1.807, 2.05) is 18.2 Å². The van der Waals surface area contributed by atoms with Gasteiger partial charge >= 0.3 is 0 Å². The third-order valence-electron chi connectivity index (χ3n) is 1.92. The van der Waals surface area contributed by atoms with Crippen molar-refractivity contribution >= 4 is 17.4 Å². The standard InChI is InChI=1S/C11H14ClNO2/c1-8(14)6-13-7-9-3-4-11(15-2)10(12)5-9/h3-5,13H,6-7H2,1-2H3. The molecule has 1 aromatic rings. The predicted molar refractivity (Wildman–Crippen MR) is 60.4 cm³/mol. The quantitative estimate of drug-likeness (QED) is 0.837. The molecule has 1 aromatic carbocycles. The lowest BCUT2D eigenvalue weighted by Crippen LogP contribution is -2.20. The van der Waals surface area contributed by atoms with E-state index in [9.17, 15) is 4.79 Å². The number of Topliss-reactive ketones (excluding diaryl/α,β-unsaturated/α-hetero) is 1. The SMILES string of the molecule is COc1ccc(CNCC(C)=O)cc1Cl. The molecule has 0 fully saturated rings. The molecule has 0 unspecified atom stereocenters. The lowest BCUT2D eigenvalue weighted by Gasteiger charge is -2.06. The second-order valence-corrected chi connectivity index (χ2v) is 3.68. The number of rotatable bonds is 5. The van der Waals surface area contributed by atoms with Crippen LogP contribution in [0.1, 0.15) is 12.5 Å². The minimum atomic E-state index is 0.120. The number of methoxy groups -OCH3 is 1. The number of halogens is 1. The Kier molecular flexibility index (Phi) is 4.59. The lowest BCUT2D eigenvalue weighted by atomic mass is 10.2. The van der Waals surface area contributed by atoms with Crippen molar-refractivity contribution in [2.45, 2.75) is 13.5 Å². The molecule has 0 saturated carbocycles. The molecule has 0 bridgehead atoms. The Morgan fingerprint density at radius 2 is 2.27 bits per heavy atom. The van der Waals surface area contributed by atoms with Gasteiger partial charge in [-0.3, -0.25) is 4.79 Å². The van der Waals surface area contributed by atoms with Gasteiger partial charge in [-0.2, -0.15) is 0 Å². The van der Waals surface area contributed by atoms with Crippen LogP contribution in [0.4, 0.5) is 0 Å². The number of hydrogen-bond acceptors (Lipinski definition) is 3. The van der Waals surface area contributed by atoms with Crippen molar-refractivity contribution in [2.24, 2.45) is 0 Å². The summed E-state index contributed by atoms with van der Waals surface area (Å²) < 4.78 is 5.04. The number of benzene rings is 1. The Hall–Kier alpha value is -1.06. The molecule has 4 heteroatoms. The maximum absolute atomic E-state index is 10.7. The normalized spacial score (nSPS) is 10.1. The van der Waals surface area contributed by atoms with E-state index in [2.05, 4.69) is 5.32 Å². The molecular formula is C11H14ClNO2. The third-order valence-corrected chi connectivity index (χ3v) is 2.21. The summed E-state index contributed by atoms with van der Waals surface area (Å²) in [5, 5.41) is 3.60. The van der Waals surface area contributed by atoms with Gasteiger partial charge in [0.1, 0.15) is 11.5 Å². The Morgan fingerprint density at radius 1 is 1.53 bits per heavy atom. The molecule has 1 rings (SSSR count). The molecule has 15 heavy (non-hydrogen) atoms. The first-order valence-corrected chi connectivity index (χ1v) is 5.04. The number of ether oxygens (including phenoxy) is 1. The Labute approximate surface area is 94.4 Å². The predicted octanol–water partition coefficient (Wildman–Crippen LogP) is 2.03. The molecule has 0 aliphatic rings. The first-order valence-electron chi connectivity index (χ1n) is 4.66. The minimum Gasteiger partial charge on any atom is -0.495 e. The fourth-order valence-corrected chi connectivity index (χ4v) is 1.48. The van der Waals surface area contributed by atoms with Gasteiger partial charge in [-0.15, -0.1) is 0 Å². The van der Waals surface area contributed by atoms with Crippen LogP contribution in [0.2, 0.25) is 5.02 Å². The molecule has 0 atom stereocenters. The first-order chi connectivity index (χ1) is 7.13. The van der Waals surface area contributed by atoms with E-state index in [0.717, 1.165) is 5.56 Å². The maximum atomic E-state index is 10.7. The van der Waals surface area contributed by atoms with Gasteiger partial charge in [0.2, 0.25) is 0 Å². The van der Waals surface area contributed by atoms with Gasteiger partial charge < -0.3 is 10.1 Å². The largest absolute Gasteiger partial charge is 0.495 e. The van der Waals surface area contributed by atoms with E-state index in [4.69, 9.17) is 16.3 Å². The molecule has 0 spiro atoms. The van der Waals surface area contributed by atoms with Crippen LogP contribution < -0.4 is 10.1 Å². The van der Waals surface area contributed by atoms with Crippen LogP contribution in [0.25, 0.3) is 0 Å². The molecule has 0 heterocycles. The zero-order valence-corrected chi connectivity index (χ0v) is 9.60. The summed E-state index contributed by atoms with van der Waals surface area (Å²) in [4.78, 5) is 10.7. The minimum absolute atomic E-state index is 0.120. The Balaban J connectivity index is 2.55. The van der Waals surface area contributed by atoms with Crippen LogP contribution in [0.15, 0.2) is 18.2 Å². The first kappa shape index (κ1) is 12.0. The molecule has 0 aromatic heterocycles. The van der Waals surface area contributed by atoms with Crippen molar-refractivity contribution in [3.8, 4) is 5.75 Å². The van der Waals surface area contributed by atoms with Gasteiger partial charge in [-0.05, 0) is 24.6 Å². The van der Waals surface area contributed by atoms with Gasteiger partial charge in [0.15, 0.2) is 0 Å². The average molecular weight is 228 g/mol. The van der Waals surface area contributed by atoms with E-state index < -0.39 is 0 Å². The van der Waals surface area contributed by atoms with Crippen LogP contribution in [0.3, 0.4) is 0 Å². The van der Waals surface area contributed by atoms with Gasteiger partial charge in [0.25, 0.3) is 0 Å². The average Bonchev–Trinajstić information content (AvgIpc) is 2.17. The van der Waals surface area contributed by atoms with E-state index in [1.54, 1.807) is 14.0 Å².